The quantitative estimate of drug-likeness (QED) is 0.922. The van der Waals surface area contributed by atoms with Crippen LogP contribution in [0.5, 0.6) is 6.01 Å². The van der Waals surface area contributed by atoms with Gasteiger partial charge in [-0.05, 0) is 20.8 Å². The van der Waals surface area contributed by atoms with Crippen LogP contribution in [0, 0.1) is 6.92 Å². The third kappa shape index (κ3) is 3.11. The molecule has 0 aromatic carbocycles. The standard InChI is InChI=1S/C11H15ClN6O/c1-6(2)19-11-15-9(13-4)14-10(16-11)18-5-8(12)7(3)17-18/h5-6H,1-4H3,(H,13,14,15,16). The van der Waals surface area contributed by atoms with Crippen LogP contribution in [0.15, 0.2) is 6.20 Å². The molecule has 0 atom stereocenters. The van der Waals surface area contributed by atoms with E-state index < -0.39 is 0 Å². The fourth-order valence-electron chi connectivity index (χ4n) is 1.37. The second-order valence-electron chi connectivity index (χ2n) is 4.17. The monoisotopic (exact) mass is 282 g/mol. The number of hydrogen-bond donors (Lipinski definition) is 1. The zero-order valence-electron chi connectivity index (χ0n) is 11.2. The second-order valence-corrected chi connectivity index (χ2v) is 4.57. The number of nitrogens with zero attached hydrogens (tertiary/aromatic N) is 5. The van der Waals surface area contributed by atoms with Crippen molar-refractivity contribution in [2.45, 2.75) is 26.9 Å². The molecule has 0 saturated heterocycles. The smallest absolute Gasteiger partial charge is 0.323 e. The van der Waals surface area contributed by atoms with Gasteiger partial charge in [0.2, 0.25) is 5.95 Å². The van der Waals surface area contributed by atoms with E-state index in [1.54, 1.807) is 13.2 Å². The molecular formula is C11H15ClN6O. The van der Waals surface area contributed by atoms with Crippen LogP contribution in [0.1, 0.15) is 19.5 Å². The summed E-state index contributed by atoms with van der Waals surface area (Å²) < 4.78 is 6.97. The van der Waals surface area contributed by atoms with E-state index in [-0.39, 0.29) is 12.1 Å². The molecule has 2 aromatic rings. The van der Waals surface area contributed by atoms with Gasteiger partial charge in [-0.2, -0.15) is 20.1 Å². The lowest BCUT2D eigenvalue weighted by Crippen LogP contribution is -2.13. The minimum Gasteiger partial charge on any atom is -0.461 e. The molecule has 2 rings (SSSR count). The van der Waals surface area contributed by atoms with E-state index in [9.17, 15) is 0 Å². The Morgan fingerprint density at radius 3 is 2.58 bits per heavy atom. The zero-order valence-corrected chi connectivity index (χ0v) is 11.9. The second kappa shape index (κ2) is 5.40. The lowest BCUT2D eigenvalue weighted by Gasteiger charge is -2.09. The summed E-state index contributed by atoms with van der Waals surface area (Å²) in [5.74, 6) is 0.759. The number of hydrogen-bond acceptors (Lipinski definition) is 6. The first-order valence-electron chi connectivity index (χ1n) is 5.82. The van der Waals surface area contributed by atoms with Crippen molar-refractivity contribution >= 4 is 17.5 Å². The highest BCUT2D eigenvalue weighted by Crippen LogP contribution is 2.16. The first-order chi connectivity index (χ1) is 8.99. The van der Waals surface area contributed by atoms with Crippen molar-refractivity contribution in [1.82, 2.24) is 24.7 Å². The molecule has 0 spiro atoms. The van der Waals surface area contributed by atoms with Gasteiger partial charge in [-0.1, -0.05) is 11.6 Å². The van der Waals surface area contributed by atoms with Crippen molar-refractivity contribution in [1.29, 1.82) is 0 Å². The average molecular weight is 283 g/mol. The Balaban J connectivity index is 2.44. The molecule has 0 unspecified atom stereocenters. The van der Waals surface area contributed by atoms with Crippen LogP contribution in [0.25, 0.3) is 5.95 Å². The van der Waals surface area contributed by atoms with Crippen LogP contribution < -0.4 is 10.1 Å². The summed E-state index contributed by atoms with van der Waals surface area (Å²) in [5.41, 5.74) is 0.708. The lowest BCUT2D eigenvalue weighted by atomic mass is 10.5. The van der Waals surface area contributed by atoms with Gasteiger partial charge < -0.3 is 10.1 Å². The molecule has 0 aliphatic rings. The van der Waals surface area contributed by atoms with E-state index in [0.29, 0.717) is 22.6 Å². The van der Waals surface area contributed by atoms with Gasteiger partial charge >= 0.3 is 6.01 Å². The summed E-state index contributed by atoms with van der Waals surface area (Å²) in [6.07, 6.45) is 1.62. The predicted molar refractivity (Wildman–Crippen MR) is 72.0 cm³/mol. The van der Waals surface area contributed by atoms with Crippen molar-refractivity contribution < 1.29 is 4.74 Å². The molecule has 7 nitrogen and oxygen atoms in total. The molecule has 0 bridgehead atoms. The molecule has 1 N–H and O–H groups in total. The highest BCUT2D eigenvalue weighted by molar-refractivity contribution is 6.31. The normalized spacial score (nSPS) is 10.8. The minimum absolute atomic E-state index is 0.0251. The molecule has 0 saturated carbocycles. The molecule has 19 heavy (non-hydrogen) atoms. The number of aromatic nitrogens is 5. The van der Waals surface area contributed by atoms with Crippen LogP contribution in [0.4, 0.5) is 5.95 Å². The first kappa shape index (κ1) is 13.5. The van der Waals surface area contributed by atoms with Crippen molar-refractivity contribution in [2.24, 2.45) is 0 Å². The maximum atomic E-state index is 5.98. The maximum absolute atomic E-state index is 5.98. The molecule has 0 amide bonds. The van der Waals surface area contributed by atoms with Gasteiger partial charge in [0.15, 0.2) is 0 Å². The molecule has 0 fully saturated rings. The number of nitrogens with one attached hydrogen (secondary N) is 1. The SMILES string of the molecule is CNc1nc(OC(C)C)nc(-n2cc(Cl)c(C)n2)n1. The molecular weight excluding hydrogens is 268 g/mol. The van der Waals surface area contributed by atoms with Crippen molar-refractivity contribution in [3.05, 3.63) is 16.9 Å². The van der Waals surface area contributed by atoms with Gasteiger partial charge in [-0.15, -0.1) is 0 Å². The van der Waals surface area contributed by atoms with Gasteiger partial charge in [0.05, 0.1) is 23.0 Å². The van der Waals surface area contributed by atoms with Crippen LogP contribution in [0.2, 0.25) is 5.02 Å². The number of rotatable bonds is 4. The summed E-state index contributed by atoms with van der Waals surface area (Å²) in [4.78, 5) is 12.5. The topological polar surface area (TPSA) is 77.8 Å². The van der Waals surface area contributed by atoms with Crippen LogP contribution in [-0.4, -0.2) is 37.9 Å². The van der Waals surface area contributed by atoms with Crippen molar-refractivity contribution in [2.75, 3.05) is 12.4 Å². The Labute approximate surface area is 116 Å². The molecule has 0 aliphatic carbocycles. The molecule has 2 heterocycles. The van der Waals surface area contributed by atoms with Gasteiger partial charge in [0, 0.05) is 7.05 Å². The lowest BCUT2D eigenvalue weighted by molar-refractivity contribution is 0.221. The van der Waals surface area contributed by atoms with Crippen molar-refractivity contribution in [3.8, 4) is 12.0 Å². The van der Waals surface area contributed by atoms with E-state index in [4.69, 9.17) is 16.3 Å². The van der Waals surface area contributed by atoms with E-state index >= 15 is 0 Å². The van der Waals surface area contributed by atoms with Gasteiger partial charge in [-0.3, -0.25) is 0 Å². The summed E-state index contributed by atoms with van der Waals surface area (Å²) in [5, 5.41) is 7.63. The van der Waals surface area contributed by atoms with E-state index in [1.807, 2.05) is 20.8 Å². The third-order valence-electron chi connectivity index (χ3n) is 2.21. The Bertz CT molecular complexity index is 563. The minimum atomic E-state index is -0.0251. The van der Waals surface area contributed by atoms with Crippen LogP contribution in [-0.2, 0) is 0 Å². The van der Waals surface area contributed by atoms with E-state index in [2.05, 4.69) is 25.4 Å². The van der Waals surface area contributed by atoms with E-state index in [0.717, 1.165) is 0 Å². The molecule has 2 aromatic heterocycles. The highest BCUT2D eigenvalue weighted by Gasteiger charge is 2.12. The maximum Gasteiger partial charge on any atom is 0.323 e. The highest BCUT2D eigenvalue weighted by atomic mass is 35.5. The average Bonchev–Trinajstić information content (AvgIpc) is 2.68. The molecule has 8 heteroatoms. The van der Waals surface area contributed by atoms with Crippen LogP contribution in [0.3, 0.4) is 0 Å². The Hall–Kier alpha value is -1.89. The van der Waals surface area contributed by atoms with Gasteiger partial charge in [0.1, 0.15) is 0 Å². The number of halogens is 1. The van der Waals surface area contributed by atoms with Crippen LogP contribution >= 0.6 is 11.6 Å². The molecule has 102 valence electrons. The van der Waals surface area contributed by atoms with Crippen molar-refractivity contribution in [3.63, 3.8) is 0 Å². The summed E-state index contributed by atoms with van der Waals surface area (Å²) in [6, 6.07) is 0.244. The number of anilines is 1. The largest absolute Gasteiger partial charge is 0.461 e. The predicted octanol–water partition coefficient (Wildman–Crippen LogP) is 1.85. The molecule has 0 radical (unpaired) electrons. The Morgan fingerprint density at radius 1 is 1.32 bits per heavy atom. The first-order valence-corrected chi connectivity index (χ1v) is 6.20. The fourth-order valence-corrected chi connectivity index (χ4v) is 1.50. The summed E-state index contributed by atoms with van der Waals surface area (Å²) in [7, 11) is 1.72. The zero-order chi connectivity index (χ0) is 14.0. The molecule has 0 aliphatic heterocycles. The van der Waals surface area contributed by atoms with Gasteiger partial charge in [0.25, 0.3) is 5.95 Å². The van der Waals surface area contributed by atoms with Gasteiger partial charge in [-0.25, -0.2) is 4.68 Å². The Morgan fingerprint density at radius 2 is 2.05 bits per heavy atom. The van der Waals surface area contributed by atoms with E-state index in [1.165, 1.54) is 4.68 Å². The fraction of sp³-hybridized carbons (Fsp3) is 0.455. The number of ether oxygens (including phenoxy) is 1. The summed E-state index contributed by atoms with van der Waals surface area (Å²) in [6.45, 7) is 5.61. The Kier molecular flexibility index (Phi) is 3.84. The number of aryl methyl sites for hydroxylation is 1. The summed E-state index contributed by atoms with van der Waals surface area (Å²) >= 11 is 5.98. The third-order valence-corrected chi connectivity index (χ3v) is 2.58.